The van der Waals surface area contributed by atoms with Gasteiger partial charge >= 0.3 is 0 Å². The van der Waals surface area contributed by atoms with E-state index in [1.807, 2.05) is 6.92 Å². The van der Waals surface area contributed by atoms with Crippen LogP contribution in [0.1, 0.15) is 79.2 Å². The maximum atomic E-state index is 12.3. The number of carbonyl (C=O) groups excluding carboxylic acids is 1. The smallest absolute Gasteiger partial charge is 0.228 e. The molecule has 0 spiro atoms. The van der Waals surface area contributed by atoms with Crippen molar-refractivity contribution in [3.8, 4) is 0 Å². The first kappa shape index (κ1) is 18.7. The molecule has 0 saturated heterocycles. The monoisotopic (exact) mass is 308 g/mol. The molecule has 0 saturated carbocycles. The van der Waals surface area contributed by atoms with E-state index in [0.29, 0.717) is 11.7 Å². The predicted octanol–water partition coefficient (Wildman–Crippen LogP) is 4.15. The van der Waals surface area contributed by atoms with Gasteiger partial charge in [-0.15, -0.1) is 0 Å². The van der Waals surface area contributed by atoms with Gasteiger partial charge in [-0.05, 0) is 32.6 Å². The molecule has 0 aliphatic carbocycles. The maximum Gasteiger partial charge on any atom is 0.228 e. The van der Waals surface area contributed by atoms with E-state index in [4.69, 9.17) is 4.42 Å². The van der Waals surface area contributed by atoms with Crippen LogP contribution in [0.5, 0.6) is 0 Å². The van der Waals surface area contributed by atoms with Crippen molar-refractivity contribution in [1.29, 1.82) is 0 Å². The van der Waals surface area contributed by atoms with Gasteiger partial charge in [0.05, 0.1) is 12.1 Å². The summed E-state index contributed by atoms with van der Waals surface area (Å²) in [5.41, 5.74) is 0.577. The Morgan fingerprint density at radius 3 is 2.05 bits per heavy atom. The highest BCUT2D eigenvalue weighted by atomic mass is 16.4. The zero-order valence-corrected chi connectivity index (χ0v) is 15.7. The van der Waals surface area contributed by atoms with Crippen molar-refractivity contribution >= 4 is 5.91 Å². The third-order valence-corrected chi connectivity index (χ3v) is 3.31. The first-order valence-electron chi connectivity index (χ1n) is 7.97. The predicted molar refractivity (Wildman–Crippen MR) is 89.9 cm³/mol. The lowest BCUT2D eigenvalue weighted by atomic mass is 9.82. The van der Waals surface area contributed by atoms with Crippen LogP contribution in [0.3, 0.4) is 0 Å². The Hall–Kier alpha value is -1.32. The maximum absolute atomic E-state index is 12.3. The Labute approximate surface area is 135 Å². The van der Waals surface area contributed by atoms with Crippen LogP contribution in [-0.4, -0.2) is 16.4 Å². The van der Waals surface area contributed by atoms with Crippen LogP contribution >= 0.6 is 0 Å². The molecule has 1 amide bonds. The zero-order chi connectivity index (χ0) is 17.3. The first-order chi connectivity index (χ1) is 9.70. The number of aromatic nitrogens is 1. The van der Waals surface area contributed by atoms with Gasteiger partial charge in [0.2, 0.25) is 5.91 Å². The third kappa shape index (κ3) is 5.82. The number of oxazole rings is 1. The summed E-state index contributed by atoms with van der Waals surface area (Å²) < 4.78 is 5.79. The Balaban J connectivity index is 2.76. The molecule has 1 aromatic heterocycles. The van der Waals surface area contributed by atoms with Crippen LogP contribution in [0.15, 0.2) is 4.42 Å². The first-order valence-corrected chi connectivity index (χ1v) is 7.97. The molecule has 1 aromatic rings. The third-order valence-electron chi connectivity index (χ3n) is 3.31. The summed E-state index contributed by atoms with van der Waals surface area (Å²) in [4.78, 5) is 16.8. The summed E-state index contributed by atoms with van der Waals surface area (Å²) >= 11 is 0. The minimum Gasteiger partial charge on any atom is -0.444 e. The van der Waals surface area contributed by atoms with E-state index < -0.39 is 0 Å². The lowest BCUT2D eigenvalue weighted by Gasteiger charge is -2.33. The normalized spacial score (nSPS) is 13.3. The molecule has 4 nitrogen and oxygen atoms in total. The van der Waals surface area contributed by atoms with Gasteiger partial charge in [-0.2, -0.15) is 0 Å². The van der Waals surface area contributed by atoms with Gasteiger partial charge in [0.15, 0.2) is 5.89 Å². The minimum atomic E-state index is -0.240. The molecule has 0 aliphatic heterocycles. The SMILES string of the molecule is Cc1nc(C(C)(C)C)oc1CC(=O)NC(C)(C)CC(C)(C)C. The number of hydrogen-bond donors (Lipinski definition) is 1. The van der Waals surface area contributed by atoms with Crippen LogP contribution in [0.2, 0.25) is 0 Å². The van der Waals surface area contributed by atoms with E-state index in [0.717, 1.165) is 12.1 Å². The highest BCUT2D eigenvalue weighted by molar-refractivity contribution is 5.78. The topological polar surface area (TPSA) is 55.1 Å². The highest BCUT2D eigenvalue weighted by Crippen LogP contribution is 2.27. The van der Waals surface area contributed by atoms with Gasteiger partial charge in [0, 0.05) is 11.0 Å². The molecule has 0 aliphatic rings. The second kappa shape index (κ2) is 6.05. The highest BCUT2D eigenvalue weighted by Gasteiger charge is 2.28. The number of rotatable bonds is 4. The van der Waals surface area contributed by atoms with Crippen LogP contribution in [0, 0.1) is 12.3 Å². The van der Waals surface area contributed by atoms with Crippen molar-refractivity contribution in [2.45, 2.75) is 86.1 Å². The molecule has 0 aromatic carbocycles. The van der Waals surface area contributed by atoms with Gasteiger partial charge in [-0.25, -0.2) is 4.98 Å². The summed E-state index contributed by atoms with van der Waals surface area (Å²) in [5.74, 6) is 1.32. The number of carbonyl (C=O) groups is 1. The summed E-state index contributed by atoms with van der Waals surface area (Å²) in [6.45, 7) is 18.7. The van der Waals surface area contributed by atoms with E-state index in [1.165, 1.54) is 0 Å². The number of nitrogens with one attached hydrogen (secondary N) is 1. The quantitative estimate of drug-likeness (QED) is 0.909. The molecule has 0 radical (unpaired) electrons. The second-order valence-electron chi connectivity index (χ2n) is 9.12. The zero-order valence-electron chi connectivity index (χ0n) is 15.7. The molecular weight excluding hydrogens is 276 g/mol. The van der Waals surface area contributed by atoms with Crippen molar-refractivity contribution in [2.24, 2.45) is 5.41 Å². The molecule has 0 unspecified atom stereocenters. The standard InChI is InChI=1S/C18H32N2O2/c1-12-13(22-15(19-12)17(5,6)7)10-14(21)20-18(8,9)11-16(2,3)4/h10-11H2,1-9H3,(H,20,21). The van der Waals surface area contributed by atoms with Gasteiger partial charge in [-0.3, -0.25) is 4.79 Å². The van der Waals surface area contributed by atoms with E-state index in [2.05, 4.69) is 65.7 Å². The number of nitrogens with zero attached hydrogens (tertiary/aromatic N) is 1. The van der Waals surface area contributed by atoms with Crippen LogP contribution in [0.25, 0.3) is 0 Å². The molecule has 126 valence electrons. The average molecular weight is 308 g/mol. The average Bonchev–Trinajstić information content (AvgIpc) is 2.54. The Bertz CT molecular complexity index is 528. The van der Waals surface area contributed by atoms with E-state index >= 15 is 0 Å². The fourth-order valence-corrected chi connectivity index (χ4v) is 2.85. The molecule has 0 atom stereocenters. The van der Waals surface area contributed by atoms with Gasteiger partial charge in [0.1, 0.15) is 5.76 Å². The van der Waals surface area contributed by atoms with Gasteiger partial charge < -0.3 is 9.73 Å². The van der Waals surface area contributed by atoms with Crippen molar-refractivity contribution in [3.05, 3.63) is 17.3 Å². The number of hydrogen-bond acceptors (Lipinski definition) is 3. The lowest BCUT2D eigenvalue weighted by Crippen LogP contribution is -2.46. The van der Waals surface area contributed by atoms with Crippen LogP contribution in [-0.2, 0) is 16.6 Å². The largest absolute Gasteiger partial charge is 0.444 e. The minimum absolute atomic E-state index is 0.0195. The fourth-order valence-electron chi connectivity index (χ4n) is 2.85. The molecular formula is C18H32N2O2. The molecule has 1 rings (SSSR count). The fraction of sp³-hybridized carbons (Fsp3) is 0.778. The van der Waals surface area contributed by atoms with E-state index in [-0.39, 0.29) is 28.7 Å². The van der Waals surface area contributed by atoms with Crippen molar-refractivity contribution in [1.82, 2.24) is 10.3 Å². The lowest BCUT2D eigenvalue weighted by molar-refractivity contribution is -0.122. The molecule has 1 N–H and O–H groups in total. The number of aryl methyl sites for hydroxylation is 1. The van der Waals surface area contributed by atoms with E-state index in [1.54, 1.807) is 0 Å². The summed E-state index contributed by atoms with van der Waals surface area (Å²) in [6.07, 6.45) is 1.15. The van der Waals surface area contributed by atoms with Gasteiger partial charge in [-0.1, -0.05) is 41.5 Å². The molecule has 22 heavy (non-hydrogen) atoms. The Morgan fingerprint density at radius 2 is 1.64 bits per heavy atom. The van der Waals surface area contributed by atoms with Crippen molar-refractivity contribution in [2.75, 3.05) is 0 Å². The second-order valence-corrected chi connectivity index (χ2v) is 9.12. The summed E-state index contributed by atoms with van der Waals surface area (Å²) in [5, 5.41) is 3.11. The van der Waals surface area contributed by atoms with Crippen LogP contribution in [0.4, 0.5) is 0 Å². The molecule has 1 heterocycles. The van der Waals surface area contributed by atoms with Crippen LogP contribution < -0.4 is 5.32 Å². The summed E-state index contributed by atoms with van der Waals surface area (Å²) in [6, 6.07) is 0. The molecule has 0 fully saturated rings. The number of amides is 1. The summed E-state index contributed by atoms with van der Waals surface area (Å²) in [7, 11) is 0. The Morgan fingerprint density at radius 1 is 1.09 bits per heavy atom. The molecule has 0 bridgehead atoms. The van der Waals surface area contributed by atoms with E-state index in [9.17, 15) is 4.79 Å². The van der Waals surface area contributed by atoms with Crippen molar-refractivity contribution in [3.63, 3.8) is 0 Å². The van der Waals surface area contributed by atoms with Crippen molar-refractivity contribution < 1.29 is 9.21 Å². The Kier molecular flexibility index (Phi) is 5.15. The molecule has 4 heteroatoms. The van der Waals surface area contributed by atoms with Gasteiger partial charge in [0.25, 0.3) is 0 Å².